The molecule has 2 aliphatic rings. The molecule has 1 fully saturated rings. The molecule has 0 N–H and O–H groups in total. The molecule has 2 aromatic heterocycles. The smallest absolute Gasteiger partial charge is 0.151 e. The van der Waals surface area contributed by atoms with E-state index in [0.717, 1.165) is 67.2 Å². The maximum atomic E-state index is 4.72. The first kappa shape index (κ1) is 18.0. The van der Waals surface area contributed by atoms with Crippen molar-refractivity contribution in [2.24, 2.45) is 0 Å². The SMILES string of the molecule is CN1CCN(c2cc(-c3ccncc3)c(-c3ccc4c(c3)CCC=C4)nn2)CC1. The molecule has 0 saturated carbocycles. The van der Waals surface area contributed by atoms with Crippen LogP contribution in [0.25, 0.3) is 28.5 Å². The van der Waals surface area contributed by atoms with Gasteiger partial charge >= 0.3 is 0 Å². The van der Waals surface area contributed by atoms with Gasteiger partial charge in [0.05, 0.1) is 0 Å². The van der Waals surface area contributed by atoms with Crippen LogP contribution in [0.5, 0.6) is 0 Å². The topological polar surface area (TPSA) is 45.2 Å². The van der Waals surface area contributed by atoms with E-state index in [4.69, 9.17) is 5.10 Å². The number of benzene rings is 1. The van der Waals surface area contributed by atoms with Crippen LogP contribution in [0.3, 0.4) is 0 Å². The van der Waals surface area contributed by atoms with Gasteiger partial charge in [-0.25, -0.2) is 0 Å². The van der Waals surface area contributed by atoms with E-state index in [1.54, 1.807) is 0 Å². The highest BCUT2D eigenvalue weighted by Crippen LogP contribution is 2.34. The summed E-state index contributed by atoms with van der Waals surface area (Å²) in [7, 11) is 2.17. The number of likely N-dealkylation sites (N-methyl/N-ethyl adjacent to an activating group) is 1. The predicted molar refractivity (Wildman–Crippen MR) is 118 cm³/mol. The lowest BCUT2D eigenvalue weighted by Crippen LogP contribution is -2.44. The van der Waals surface area contributed by atoms with Gasteiger partial charge in [-0.05, 0) is 60.8 Å². The summed E-state index contributed by atoms with van der Waals surface area (Å²) in [5.41, 5.74) is 7.00. The molecule has 0 amide bonds. The number of rotatable bonds is 3. The average molecular weight is 383 g/mol. The molecule has 1 aromatic carbocycles. The van der Waals surface area contributed by atoms with E-state index < -0.39 is 0 Å². The van der Waals surface area contributed by atoms with Crippen LogP contribution in [-0.2, 0) is 6.42 Å². The first-order valence-electron chi connectivity index (χ1n) is 10.3. The second kappa shape index (κ2) is 7.76. The summed E-state index contributed by atoms with van der Waals surface area (Å²) in [5, 5.41) is 9.35. The van der Waals surface area contributed by atoms with E-state index in [9.17, 15) is 0 Å². The Morgan fingerprint density at radius 3 is 2.52 bits per heavy atom. The highest BCUT2D eigenvalue weighted by molar-refractivity contribution is 5.82. The van der Waals surface area contributed by atoms with Crippen LogP contribution < -0.4 is 4.90 Å². The lowest BCUT2D eigenvalue weighted by Gasteiger charge is -2.33. The Labute approximate surface area is 171 Å². The van der Waals surface area contributed by atoms with Gasteiger partial charge in [0.15, 0.2) is 5.82 Å². The zero-order valence-corrected chi connectivity index (χ0v) is 16.8. The molecule has 0 unspecified atom stereocenters. The molecule has 1 saturated heterocycles. The molecule has 0 spiro atoms. The maximum Gasteiger partial charge on any atom is 0.151 e. The zero-order valence-electron chi connectivity index (χ0n) is 16.8. The van der Waals surface area contributed by atoms with E-state index in [1.807, 2.05) is 12.4 Å². The minimum absolute atomic E-state index is 0.937. The number of hydrogen-bond acceptors (Lipinski definition) is 5. The zero-order chi connectivity index (χ0) is 19.6. The molecule has 3 heterocycles. The van der Waals surface area contributed by atoms with Gasteiger partial charge in [-0.2, -0.15) is 0 Å². The summed E-state index contributed by atoms with van der Waals surface area (Å²) >= 11 is 0. The Morgan fingerprint density at radius 2 is 1.69 bits per heavy atom. The fourth-order valence-electron chi connectivity index (χ4n) is 4.12. The monoisotopic (exact) mass is 383 g/mol. The third kappa shape index (κ3) is 3.66. The van der Waals surface area contributed by atoms with E-state index in [2.05, 4.69) is 75.5 Å². The van der Waals surface area contributed by atoms with Crippen molar-refractivity contribution in [2.45, 2.75) is 12.8 Å². The second-order valence-electron chi connectivity index (χ2n) is 7.85. The van der Waals surface area contributed by atoms with Gasteiger partial charge in [-0.3, -0.25) is 4.98 Å². The number of pyridine rings is 1. The van der Waals surface area contributed by atoms with Crippen LogP contribution in [0.4, 0.5) is 5.82 Å². The average Bonchev–Trinajstić information content (AvgIpc) is 2.79. The van der Waals surface area contributed by atoms with Crippen molar-refractivity contribution in [1.82, 2.24) is 20.1 Å². The number of hydrogen-bond donors (Lipinski definition) is 0. The molecule has 146 valence electrons. The lowest BCUT2D eigenvalue weighted by molar-refractivity contribution is 0.312. The standard InChI is InChI=1S/C24H25N5/c1-28-12-14-29(15-13-28)23-17-22(19-8-10-25-11-9-19)24(27-26-23)21-7-6-18-4-2-3-5-20(18)16-21/h2,4,6-11,16-17H,3,5,12-15H2,1H3. The second-order valence-corrected chi connectivity index (χ2v) is 7.85. The van der Waals surface area contributed by atoms with Crippen molar-refractivity contribution < 1.29 is 0 Å². The number of aryl methyl sites for hydroxylation is 1. The molecule has 0 atom stereocenters. The number of aromatic nitrogens is 3. The summed E-state index contributed by atoms with van der Waals surface area (Å²) in [6, 6.07) is 12.9. The van der Waals surface area contributed by atoms with Crippen molar-refractivity contribution in [2.75, 3.05) is 38.1 Å². The minimum atomic E-state index is 0.937. The quantitative estimate of drug-likeness (QED) is 0.686. The van der Waals surface area contributed by atoms with E-state index in [-0.39, 0.29) is 0 Å². The highest BCUT2D eigenvalue weighted by Gasteiger charge is 2.19. The van der Waals surface area contributed by atoms with Crippen molar-refractivity contribution in [3.05, 3.63) is 66.0 Å². The number of nitrogens with zero attached hydrogens (tertiary/aromatic N) is 5. The fraction of sp³-hybridized carbons (Fsp3) is 0.292. The normalized spacial score (nSPS) is 16.7. The third-order valence-electron chi connectivity index (χ3n) is 5.89. The minimum Gasteiger partial charge on any atom is -0.353 e. The van der Waals surface area contributed by atoms with Gasteiger partial charge in [0.25, 0.3) is 0 Å². The molecular weight excluding hydrogens is 358 g/mol. The van der Waals surface area contributed by atoms with Crippen LogP contribution >= 0.6 is 0 Å². The van der Waals surface area contributed by atoms with Gasteiger partial charge < -0.3 is 9.80 Å². The summed E-state index contributed by atoms with van der Waals surface area (Å²) in [6.45, 7) is 4.05. The van der Waals surface area contributed by atoms with E-state index in [1.165, 1.54) is 11.1 Å². The first-order valence-corrected chi connectivity index (χ1v) is 10.3. The molecule has 3 aromatic rings. The van der Waals surface area contributed by atoms with Gasteiger partial charge in [0.1, 0.15) is 5.69 Å². The Kier molecular flexibility index (Phi) is 4.82. The Morgan fingerprint density at radius 1 is 0.862 bits per heavy atom. The Balaban J connectivity index is 1.59. The lowest BCUT2D eigenvalue weighted by atomic mass is 9.92. The van der Waals surface area contributed by atoms with Crippen LogP contribution in [0.1, 0.15) is 17.5 Å². The van der Waals surface area contributed by atoms with Crippen LogP contribution in [0.15, 0.2) is 54.9 Å². The van der Waals surface area contributed by atoms with E-state index in [0.29, 0.717) is 0 Å². The summed E-state index contributed by atoms with van der Waals surface area (Å²) in [6.07, 6.45) is 10.3. The van der Waals surface area contributed by atoms with Crippen molar-refractivity contribution in [3.8, 4) is 22.4 Å². The molecule has 5 rings (SSSR count). The molecule has 5 heteroatoms. The maximum absolute atomic E-state index is 4.72. The molecular formula is C24H25N5. The third-order valence-corrected chi connectivity index (χ3v) is 5.89. The van der Waals surface area contributed by atoms with E-state index >= 15 is 0 Å². The van der Waals surface area contributed by atoms with Crippen LogP contribution in [-0.4, -0.2) is 53.3 Å². The predicted octanol–water partition coefficient (Wildman–Crippen LogP) is 3.92. The number of anilines is 1. The molecule has 0 bridgehead atoms. The first-order chi connectivity index (χ1) is 14.3. The molecule has 5 nitrogen and oxygen atoms in total. The summed E-state index contributed by atoms with van der Waals surface area (Å²) < 4.78 is 0. The highest BCUT2D eigenvalue weighted by atomic mass is 15.3. The van der Waals surface area contributed by atoms with Crippen molar-refractivity contribution >= 4 is 11.9 Å². The van der Waals surface area contributed by atoms with Gasteiger partial charge in [-0.15, -0.1) is 10.2 Å². The van der Waals surface area contributed by atoms with Gasteiger partial charge in [0, 0.05) is 49.7 Å². The Bertz CT molecular complexity index is 1040. The molecule has 29 heavy (non-hydrogen) atoms. The Hall–Kier alpha value is -3.05. The molecule has 0 radical (unpaired) electrons. The number of piperazine rings is 1. The van der Waals surface area contributed by atoms with Crippen LogP contribution in [0, 0.1) is 0 Å². The molecule has 1 aliphatic heterocycles. The van der Waals surface area contributed by atoms with Gasteiger partial charge in [-0.1, -0.05) is 24.3 Å². The number of fused-ring (bicyclic) bond motifs is 1. The van der Waals surface area contributed by atoms with Crippen molar-refractivity contribution in [3.63, 3.8) is 0 Å². The van der Waals surface area contributed by atoms with Crippen LogP contribution in [0.2, 0.25) is 0 Å². The van der Waals surface area contributed by atoms with Gasteiger partial charge in [0.2, 0.25) is 0 Å². The number of allylic oxidation sites excluding steroid dienone is 1. The fourth-order valence-corrected chi connectivity index (χ4v) is 4.12. The molecule has 1 aliphatic carbocycles. The summed E-state index contributed by atoms with van der Waals surface area (Å²) in [4.78, 5) is 8.88. The summed E-state index contributed by atoms with van der Waals surface area (Å²) in [5.74, 6) is 0.953. The van der Waals surface area contributed by atoms with Crippen molar-refractivity contribution in [1.29, 1.82) is 0 Å². The largest absolute Gasteiger partial charge is 0.353 e.